The molecule has 5 rings (SSSR count). The molecule has 1 aliphatic rings. The number of aryl methyl sites for hydroxylation is 1. The molecule has 0 radical (unpaired) electrons. The quantitative estimate of drug-likeness (QED) is 0.383. The van der Waals surface area contributed by atoms with Crippen LogP contribution in [0.25, 0.3) is 22.4 Å². The van der Waals surface area contributed by atoms with Gasteiger partial charge in [-0.1, -0.05) is 13.5 Å². The zero-order valence-electron chi connectivity index (χ0n) is 16.8. The molecule has 164 valence electrons. The highest BCUT2D eigenvalue weighted by molar-refractivity contribution is 6.01. The number of rotatable bonds is 5. The maximum Gasteiger partial charge on any atom is 0.261 e. The van der Waals surface area contributed by atoms with Crippen molar-refractivity contribution in [1.82, 2.24) is 20.3 Å². The zero-order valence-corrected chi connectivity index (χ0v) is 16.8. The predicted molar refractivity (Wildman–Crippen MR) is 123 cm³/mol. The number of nitrogens with one attached hydrogen (secondary N) is 4. The molecule has 1 amide bonds. The number of amides is 1. The van der Waals surface area contributed by atoms with Crippen LogP contribution in [0.15, 0.2) is 47.4 Å². The number of hydrogen-bond acceptors (Lipinski definition) is 4. The summed E-state index contributed by atoms with van der Waals surface area (Å²) in [4.78, 5) is 35.0. The van der Waals surface area contributed by atoms with Crippen LogP contribution in [0.2, 0.25) is 0 Å². The summed E-state index contributed by atoms with van der Waals surface area (Å²) in [5.74, 6) is 0.0414. The zero-order chi connectivity index (χ0) is 21.5. The summed E-state index contributed by atoms with van der Waals surface area (Å²) in [5, 5.41) is 6.07. The molecule has 0 unspecified atom stereocenters. The molecule has 32 heavy (non-hydrogen) atoms. The summed E-state index contributed by atoms with van der Waals surface area (Å²) in [6.45, 7) is 2.95. The number of carbonyl (C=O) groups is 1. The van der Waals surface area contributed by atoms with Crippen molar-refractivity contribution in [3.05, 3.63) is 81.0 Å². The first-order chi connectivity index (χ1) is 15.0. The molecule has 0 aliphatic carbocycles. The van der Waals surface area contributed by atoms with E-state index in [1.807, 2.05) is 13.0 Å². The Morgan fingerprint density at radius 2 is 2.00 bits per heavy atom. The van der Waals surface area contributed by atoms with Gasteiger partial charge in [0.2, 0.25) is 0 Å². The second kappa shape index (κ2) is 8.30. The van der Waals surface area contributed by atoms with Crippen LogP contribution in [-0.4, -0.2) is 27.4 Å². The van der Waals surface area contributed by atoms with Gasteiger partial charge in [-0.3, -0.25) is 9.59 Å². The number of nitrogens with zero attached hydrogens (tertiary/aromatic N) is 1. The molecule has 0 atom stereocenters. The highest BCUT2D eigenvalue weighted by atomic mass is 19.1. The molecule has 7 nitrogen and oxygen atoms in total. The third-order valence-electron chi connectivity index (χ3n) is 5.61. The number of carbonyl (C=O) groups excluding carboxylic acids is 1. The smallest absolute Gasteiger partial charge is 0.261 e. The van der Waals surface area contributed by atoms with Gasteiger partial charge in [0.15, 0.2) is 0 Å². The molecule has 8 heteroatoms. The minimum absolute atomic E-state index is 0. The molecule has 0 saturated heterocycles. The molecule has 4 aromatic rings. The highest BCUT2D eigenvalue weighted by Crippen LogP contribution is 2.27. The van der Waals surface area contributed by atoms with Crippen LogP contribution in [0, 0.1) is 12.7 Å². The van der Waals surface area contributed by atoms with Gasteiger partial charge in [0.05, 0.1) is 16.7 Å². The van der Waals surface area contributed by atoms with Crippen molar-refractivity contribution in [1.29, 1.82) is 0 Å². The molecule has 3 heterocycles. The molecular formula is C24H24FN5O2. The normalized spacial score (nSPS) is 12.4. The van der Waals surface area contributed by atoms with Crippen LogP contribution in [0.4, 0.5) is 10.1 Å². The maximum atomic E-state index is 13.5. The lowest BCUT2D eigenvalue weighted by molar-refractivity contribution is 0.0966. The van der Waals surface area contributed by atoms with Crippen LogP contribution in [-0.2, 0) is 13.0 Å². The third-order valence-corrected chi connectivity index (χ3v) is 5.61. The molecule has 0 spiro atoms. The number of halogens is 1. The van der Waals surface area contributed by atoms with Gasteiger partial charge in [0.1, 0.15) is 17.2 Å². The van der Waals surface area contributed by atoms with Gasteiger partial charge in [0.25, 0.3) is 11.5 Å². The van der Waals surface area contributed by atoms with E-state index >= 15 is 0 Å². The Balaban J connectivity index is 0.00000245. The number of anilines is 1. The molecule has 1 aliphatic heterocycles. The van der Waals surface area contributed by atoms with Crippen LogP contribution < -0.4 is 16.2 Å². The summed E-state index contributed by atoms with van der Waals surface area (Å²) < 4.78 is 13.5. The average Bonchev–Trinajstić information content (AvgIpc) is 3.32. The Bertz CT molecular complexity index is 1390. The first kappa shape index (κ1) is 21.3. The molecular weight excluding hydrogens is 409 g/mol. The van der Waals surface area contributed by atoms with E-state index in [4.69, 9.17) is 0 Å². The molecule has 0 bridgehead atoms. The number of imidazole rings is 1. The highest BCUT2D eigenvalue weighted by Gasteiger charge is 2.21. The van der Waals surface area contributed by atoms with E-state index in [1.54, 1.807) is 24.4 Å². The van der Waals surface area contributed by atoms with Crippen LogP contribution in [0.5, 0.6) is 0 Å². The average molecular weight is 433 g/mol. The van der Waals surface area contributed by atoms with Gasteiger partial charge in [-0.25, -0.2) is 9.37 Å². The van der Waals surface area contributed by atoms with Gasteiger partial charge in [-0.05, 0) is 60.4 Å². The van der Waals surface area contributed by atoms with Crippen molar-refractivity contribution in [3.8, 4) is 11.4 Å². The van der Waals surface area contributed by atoms with E-state index in [-0.39, 0.29) is 24.7 Å². The molecule has 2 aromatic heterocycles. The first-order valence-electron chi connectivity index (χ1n) is 10.0. The lowest BCUT2D eigenvalue weighted by atomic mass is 10.1. The standard InChI is InChI=1S/C23H20FN5O2.CH4/c1-12-2-3-15(24)8-13(12)4-6-25-17-5-7-26-23(31)20(17)21-28-18-9-14-11-27-22(30)16(14)10-19(18)29-21;/h2-3,5,7-10H,4,6,11H2,1H3,(H,27,30)(H,28,29)(H2,25,26,31);1H4. The van der Waals surface area contributed by atoms with Crippen LogP contribution in [0.3, 0.4) is 0 Å². The van der Waals surface area contributed by atoms with Crippen molar-refractivity contribution < 1.29 is 9.18 Å². The Hall–Kier alpha value is -3.94. The molecule has 0 saturated carbocycles. The monoisotopic (exact) mass is 433 g/mol. The van der Waals surface area contributed by atoms with Gasteiger partial charge >= 0.3 is 0 Å². The van der Waals surface area contributed by atoms with Gasteiger partial charge < -0.3 is 20.6 Å². The fourth-order valence-electron chi connectivity index (χ4n) is 3.95. The minimum atomic E-state index is -0.281. The second-order valence-electron chi connectivity index (χ2n) is 7.64. The Morgan fingerprint density at radius 1 is 1.16 bits per heavy atom. The van der Waals surface area contributed by atoms with Crippen LogP contribution >= 0.6 is 0 Å². The van der Waals surface area contributed by atoms with Crippen molar-refractivity contribution in [3.63, 3.8) is 0 Å². The van der Waals surface area contributed by atoms with Crippen molar-refractivity contribution in [2.45, 2.75) is 27.3 Å². The van der Waals surface area contributed by atoms with Gasteiger partial charge in [0, 0.05) is 24.8 Å². The topological polar surface area (TPSA) is 103 Å². The predicted octanol–water partition coefficient (Wildman–Crippen LogP) is 3.90. The third kappa shape index (κ3) is 3.75. The number of H-pyrrole nitrogens is 2. The molecule has 4 N–H and O–H groups in total. The first-order valence-corrected chi connectivity index (χ1v) is 10.0. The Morgan fingerprint density at radius 3 is 2.84 bits per heavy atom. The van der Waals surface area contributed by atoms with Crippen molar-refractivity contribution in [2.75, 3.05) is 11.9 Å². The van der Waals surface area contributed by atoms with Crippen molar-refractivity contribution >= 4 is 22.6 Å². The summed E-state index contributed by atoms with van der Waals surface area (Å²) in [6.07, 6.45) is 2.18. The number of hydrogen-bond donors (Lipinski definition) is 4. The van der Waals surface area contributed by atoms with Gasteiger partial charge in [-0.15, -0.1) is 0 Å². The summed E-state index contributed by atoms with van der Waals surface area (Å²) in [7, 11) is 0. The Labute approximate surface area is 184 Å². The lowest BCUT2D eigenvalue weighted by Gasteiger charge is -2.11. The number of aromatic amines is 2. The van der Waals surface area contributed by atoms with E-state index in [9.17, 15) is 14.0 Å². The number of fused-ring (bicyclic) bond motifs is 2. The van der Waals surface area contributed by atoms with E-state index < -0.39 is 0 Å². The van der Waals surface area contributed by atoms with Crippen molar-refractivity contribution in [2.24, 2.45) is 0 Å². The van der Waals surface area contributed by atoms with E-state index in [1.165, 1.54) is 12.1 Å². The number of benzene rings is 2. The fourth-order valence-corrected chi connectivity index (χ4v) is 3.95. The SMILES string of the molecule is C.Cc1ccc(F)cc1CCNc1cc[nH]c(=O)c1-c1nc2cc3c(cc2[nH]1)CNC3=O. The summed E-state index contributed by atoms with van der Waals surface area (Å²) in [6, 6.07) is 10.1. The van der Waals surface area contributed by atoms with Crippen LogP contribution in [0.1, 0.15) is 34.5 Å². The lowest BCUT2D eigenvalue weighted by Crippen LogP contribution is -2.14. The summed E-state index contributed by atoms with van der Waals surface area (Å²) >= 11 is 0. The minimum Gasteiger partial charge on any atom is -0.384 e. The maximum absolute atomic E-state index is 13.5. The van der Waals surface area contributed by atoms with E-state index in [0.29, 0.717) is 47.7 Å². The molecule has 0 fully saturated rings. The fraction of sp³-hybridized carbons (Fsp3) is 0.208. The second-order valence-corrected chi connectivity index (χ2v) is 7.64. The Kier molecular flexibility index (Phi) is 5.52. The van der Waals surface area contributed by atoms with E-state index in [2.05, 4.69) is 25.6 Å². The number of pyridine rings is 1. The van der Waals surface area contributed by atoms with E-state index in [0.717, 1.165) is 22.2 Å². The summed E-state index contributed by atoms with van der Waals surface area (Å²) in [5.41, 5.74) is 5.55. The molecule has 2 aromatic carbocycles. The number of aromatic nitrogens is 3. The van der Waals surface area contributed by atoms with Gasteiger partial charge in [-0.2, -0.15) is 0 Å². The largest absolute Gasteiger partial charge is 0.384 e.